The molecular formula is C12H16O5S. The van der Waals surface area contributed by atoms with Gasteiger partial charge in [-0.2, -0.15) is 0 Å². The number of hydrogen-bond donors (Lipinski definition) is 2. The fourth-order valence-corrected chi connectivity index (χ4v) is 2.86. The molecule has 0 spiro atoms. The molecule has 2 N–H and O–H groups in total. The number of carbonyl (C=O) groups is 1. The summed E-state index contributed by atoms with van der Waals surface area (Å²) < 4.78 is 23.8. The monoisotopic (exact) mass is 272 g/mol. The molecule has 0 radical (unpaired) electrons. The summed E-state index contributed by atoms with van der Waals surface area (Å²) in [6, 6.07) is 5.03. The van der Waals surface area contributed by atoms with Crippen molar-refractivity contribution in [2.24, 2.45) is 0 Å². The Morgan fingerprint density at radius 2 is 1.72 bits per heavy atom. The van der Waals surface area contributed by atoms with Gasteiger partial charge in [0.15, 0.2) is 9.84 Å². The fourth-order valence-electron chi connectivity index (χ4n) is 1.31. The lowest BCUT2D eigenvalue weighted by Gasteiger charge is -2.16. The first-order valence-corrected chi connectivity index (χ1v) is 7.05. The Morgan fingerprint density at radius 3 is 2.11 bits per heavy atom. The van der Waals surface area contributed by atoms with Crippen LogP contribution in [0.1, 0.15) is 30.6 Å². The summed E-state index contributed by atoms with van der Waals surface area (Å²) in [4.78, 5) is 10.7. The van der Waals surface area contributed by atoms with Gasteiger partial charge in [0.25, 0.3) is 0 Å². The first-order chi connectivity index (χ1) is 8.12. The van der Waals surface area contributed by atoms with Crippen molar-refractivity contribution in [1.29, 1.82) is 0 Å². The first kappa shape index (κ1) is 14.7. The maximum Gasteiger partial charge on any atom is 0.335 e. The second kappa shape index (κ2) is 5.07. The van der Waals surface area contributed by atoms with Gasteiger partial charge in [-0.05, 0) is 44.5 Å². The zero-order chi connectivity index (χ0) is 14.0. The Hall–Kier alpha value is -1.40. The molecule has 0 saturated heterocycles. The summed E-state index contributed by atoms with van der Waals surface area (Å²) in [5, 5.41) is 18.2. The zero-order valence-electron chi connectivity index (χ0n) is 10.3. The summed E-state index contributed by atoms with van der Waals surface area (Å²) in [5.74, 6) is -1.28. The number of hydrogen-bond acceptors (Lipinski definition) is 4. The molecular weight excluding hydrogens is 256 g/mol. The van der Waals surface area contributed by atoms with Gasteiger partial charge in [-0.1, -0.05) is 0 Å². The molecule has 1 aromatic rings. The van der Waals surface area contributed by atoms with Gasteiger partial charge < -0.3 is 10.2 Å². The maximum absolute atomic E-state index is 11.9. The third-order valence-electron chi connectivity index (χ3n) is 2.44. The number of aromatic carboxylic acids is 1. The Labute approximate surface area is 106 Å². The highest BCUT2D eigenvalue weighted by Crippen LogP contribution is 2.17. The largest absolute Gasteiger partial charge is 0.478 e. The molecule has 0 saturated carbocycles. The molecule has 0 atom stereocenters. The van der Waals surface area contributed by atoms with Gasteiger partial charge in [-0.25, -0.2) is 13.2 Å². The van der Waals surface area contributed by atoms with E-state index in [9.17, 15) is 18.3 Å². The Kier molecular flexibility index (Phi) is 4.13. The van der Waals surface area contributed by atoms with E-state index in [0.717, 1.165) is 0 Å². The second-order valence-corrected chi connectivity index (χ2v) is 6.82. The van der Waals surface area contributed by atoms with E-state index in [1.807, 2.05) is 0 Å². The molecule has 0 aromatic heterocycles. The van der Waals surface area contributed by atoms with Crippen molar-refractivity contribution in [2.75, 3.05) is 5.75 Å². The lowest BCUT2D eigenvalue weighted by atomic mass is 10.1. The molecule has 0 aliphatic heterocycles. The van der Waals surface area contributed by atoms with Crippen molar-refractivity contribution < 1.29 is 23.4 Å². The fraction of sp³-hybridized carbons (Fsp3) is 0.417. The van der Waals surface area contributed by atoms with Gasteiger partial charge >= 0.3 is 5.97 Å². The number of carboxylic acids is 1. The van der Waals surface area contributed by atoms with Crippen molar-refractivity contribution >= 4 is 15.8 Å². The van der Waals surface area contributed by atoms with Gasteiger partial charge in [0.1, 0.15) is 0 Å². The third-order valence-corrected chi connectivity index (χ3v) is 4.17. The molecule has 0 fully saturated rings. The lowest BCUT2D eigenvalue weighted by molar-refractivity contribution is 0.0696. The molecule has 0 amide bonds. The molecule has 100 valence electrons. The molecule has 0 heterocycles. The molecule has 5 nitrogen and oxygen atoms in total. The number of benzene rings is 1. The molecule has 6 heteroatoms. The van der Waals surface area contributed by atoms with Crippen LogP contribution in [0.15, 0.2) is 29.2 Å². The quantitative estimate of drug-likeness (QED) is 0.843. The number of sulfone groups is 1. The van der Waals surface area contributed by atoms with E-state index in [-0.39, 0.29) is 22.6 Å². The third kappa shape index (κ3) is 4.12. The molecule has 0 aliphatic rings. The van der Waals surface area contributed by atoms with Crippen molar-refractivity contribution in [3.8, 4) is 0 Å². The molecule has 1 aromatic carbocycles. The van der Waals surface area contributed by atoms with E-state index in [2.05, 4.69) is 0 Å². The van der Waals surface area contributed by atoms with Gasteiger partial charge in [0.05, 0.1) is 21.8 Å². The van der Waals surface area contributed by atoms with Crippen LogP contribution in [-0.2, 0) is 9.84 Å². The smallest absolute Gasteiger partial charge is 0.335 e. The Balaban J connectivity index is 2.89. The van der Waals surface area contributed by atoms with Crippen LogP contribution in [0.3, 0.4) is 0 Å². The van der Waals surface area contributed by atoms with Crippen molar-refractivity contribution in [3.63, 3.8) is 0 Å². The minimum atomic E-state index is -3.49. The predicted molar refractivity (Wildman–Crippen MR) is 66.4 cm³/mol. The predicted octanol–water partition coefficient (Wildman–Crippen LogP) is 1.32. The summed E-state index contributed by atoms with van der Waals surface area (Å²) in [7, 11) is -3.49. The van der Waals surface area contributed by atoms with E-state index >= 15 is 0 Å². The lowest BCUT2D eigenvalue weighted by Crippen LogP contribution is -2.23. The summed E-state index contributed by atoms with van der Waals surface area (Å²) in [6.45, 7) is 3.08. The molecule has 0 unspecified atom stereocenters. The van der Waals surface area contributed by atoms with Crippen LogP contribution in [0.25, 0.3) is 0 Å². The topological polar surface area (TPSA) is 91.7 Å². The van der Waals surface area contributed by atoms with Crippen molar-refractivity contribution in [3.05, 3.63) is 29.8 Å². The van der Waals surface area contributed by atoms with E-state index in [0.29, 0.717) is 0 Å². The van der Waals surface area contributed by atoms with Gasteiger partial charge in [-0.3, -0.25) is 0 Å². The van der Waals surface area contributed by atoms with Crippen LogP contribution in [-0.4, -0.2) is 36.0 Å². The normalized spacial score (nSPS) is 12.4. The van der Waals surface area contributed by atoms with Gasteiger partial charge in [0, 0.05) is 0 Å². The maximum atomic E-state index is 11.9. The van der Waals surface area contributed by atoms with E-state index in [1.54, 1.807) is 0 Å². The van der Waals surface area contributed by atoms with Crippen molar-refractivity contribution in [2.45, 2.75) is 30.8 Å². The molecule has 1 rings (SSSR count). The number of carboxylic acid groups (broad SMARTS) is 1. The van der Waals surface area contributed by atoms with E-state index < -0.39 is 21.4 Å². The summed E-state index contributed by atoms with van der Waals surface area (Å²) >= 11 is 0. The van der Waals surface area contributed by atoms with Crippen LogP contribution in [0.2, 0.25) is 0 Å². The minimum absolute atomic E-state index is 0.0384. The average Bonchev–Trinajstić information content (AvgIpc) is 2.26. The van der Waals surface area contributed by atoms with E-state index in [1.165, 1.54) is 38.1 Å². The Bertz CT molecular complexity index is 523. The first-order valence-electron chi connectivity index (χ1n) is 5.40. The molecule has 0 aliphatic carbocycles. The number of rotatable bonds is 5. The average molecular weight is 272 g/mol. The van der Waals surface area contributed by atoms with E-state index in [4.69, 9.17) is 5.11 Å². The summed E-state index contributed by atoms with van der Waals surface area (Å²) in [6.07, 6.45) is 0.121. The van der Waals surface area contributed by atoms with Crippen LogP contribution >= 0.6 is 0 Å². The number of aliphatic hydroxyl groups is 1. The molecule has 0 bridgehead atoms. The SMILES string of the molecule is CC(C)(O)CCS(=O)(=O)c1ccc(C(=O)O)cc1. The zero-order valence-corrected chi connectivity index (χ0v) is 11.1. The highest BCUT2D eigenvalue weighted by Gasteiger charge is 2.20. The van der Waals surface area contributed by atoms with Crippen LogP contribution < -0.4 is 0 Å². The minimum Gasteiger partial charge on any atom is -0.478 e. The highest BCUT2D eigenvalue weighted by molar-refractivity contribution is 7.91. The summed E-state index contributed by atoms with van der Waals surface area (Å²) in [5.41, 5.74) is -1.01. The van der Waals surface area contributed by atoms with Crippen LogP contribution in [0.5, 0.6) is 0 Å². The van der Waals surface area contributed by atoms with Gasteiger partial charge in [-0.15, -0.1) is 0 Å². The van der Waals surface area contributed by atoms with Crippen LogP contribution in [0, 0.1) is 0 Å². The Morgan fingerprint density at radius 1 is 1.22 bits per heavy atom. The standard InChI is InChI=1S/C12H16O5S/c1-12(2,15)7-8-18(16,17)10-5-3-9(4-6-10)11(13)14/h3-6,15H,7-8H2,1-2H3,(H,13,14). The highest BCUT2D eigenvalue weighted by atomic mass is 32.2. The van der Waals surface area contributed by atoms with Crippen molar-refractivity contribution in [1.82, 2.24) is 0 Å². The van der Waals surface area contributed by atoms with Gasteiger partial charge in [0.2, 0.25) is 0 Å². The molecule has 18 heavy (non-hydrogen) atoms. The second-order valence-electron chi connectivity index (χ2n) is 4.71. The van der Waals surface area contributed by atoms with Crippen LogP contribution in [0.4, 0.5) is 0 Å².